The molecule has 0 bridgehead atoms. The number of allylic oxidation sites excluding steroid dienone is 2. The van der Waals surface area contributed by atoms with Crippen molar-refractivity contribution < 1.29 is 9.30 Å². The standard InChI is InChI=1S/C25H27N4OS/c1-19(10-9-15-23-20(2)30-17-16-26-23)27-28-25-29(22-13-7-4-8-14-22)24(18-31-25)21-11-5-3-6-12-21/h3-14,18-19,26H,15-17H2,1-2H3/q+1/b10-9-. The highest BCUT2D eigenvalue weighted by atomic mass is 32.1. The molecule has 6 heteroatoms. The smallest absolute Gasteiger partial charge is 0.413 e. The van der Waals surface area contributed by atoms with Crippen LogP contribution in [0.3, 0.4) is 0 Å². The normalized spacial score (nSPS) is 15.3. The van der Waals surface area contributed by atoms with Crippen LogP contribution in [0.4, 0.5) is 5.13 Å². The van der Waals surface area contributed by atoms with Crippen molar-refractivity contribution in [2.24, 2.45) is 10.2 Å². The Kier molecular flexibility index (Phi) is 6.89. The zero-order valence-corrected chi connectivity index (χ0v) is 18.7. The van der Waals surface area contributed by atoms with Crippen LogP contribution in [0, 0.1) is 0 Å². The summed E-state index contributed by atoms with van der Waals surface area (Å²) >= 11 is 1.60. The molecule has 3 aromatic rings. The minimum Gasteiger partial charge on any atom is -0.495 e. The number of rotatable bonds is 7. The van der Waals surface area contributed by atoms with Crippen molar-refractivity contribution in [2.45, 2.75) is 26.3 Å². The van der Waals surface area contributed by atoms with Crippen molar-refractivity contribution in [2.75, 3.05) is 13.2 Å². The number of nitrogens with one attached hydrogen (secondary N) is 1. The SMILES string of the molecule is CC1=C(C/C=C\C(C)N=Nc2scc(-c3ccccc3)[n+]2-c2ccccc2)NCCO1. The van der Waals surface area contributed by atoms with Gasteiger partial charge in [0.25, 0.3) is 0 Å². The Morgan fingerprint density at radius 2 is 1.87 bits per heavy atom. The molecule has 31 heavy (non-hydrogen) atoms. The van der Waals surface area contributed by atoms with Gasteiger partial charge in [-0.3, -0.25) is 0 Å². The third-order valence-electron chi connectivity index (χ3n) is 5.04. The van der Waals surface area contributed by atoms with Crippen LogP contribution in [0.2, 0.25) is 0 Å². The second-order valence-electron chi connectivity index (χ2n) is 7.34. The predicted molar refractivity (Wildman–Crippen MR) is 126 cm³/mol. The molecule has 158 valence electrons. The summed E-state index contributed by atoms with van der Waals surface area (Å²) in [6.07, 6.45) is 5.02. The van der Waals surface area contributed by atoms with Crippen LogP contribution >= 0.6 is 11.3 Å². The summed E-state index contributed by atoms with van der Waals surface area (Å²) in [5, 5.41) is 15.5. The Hall–Kier alpha value is -3.25. The van der Waals surface area contributed by atoms with E-state index in [-0.39, 0.29) is 6.04 Å². The minimum atomic E-state index is -0.0167. The summed E-state index contributed by atoms with van der Waals surface area (Å²) in [6.45, 7) is 5.64. The number of benzene rings is 2. The van der Waals surface area contributed by atoms with E-state index in [4.69, 9.17) is 4.74 Å². The molecule has 0 fully saturated rings. The third kappa shape index (κ3) is 5.27. The summed E-state index contributed by atoms with van der Waals surface area (Å²) in [4.78, 5) is 0. The topological polar surface area (TPSA) is 49.9 Å². The van der Waals surface area contributed by atoms with E-state index in [2.05, 4.69) is 74.0 Å². The van der Waals surface area contributed by atoms with Gasteiger partial charge in [-0.15, -0.1) is 0 Å². The van der Waals surface area contributed by atoms with E-state index < -0.39 is 0 Å². The van der Waals surface area contributed by atoms with E-state index in [1.807, 2.05) is 38.1 Å². The van der Waals surface area contributed by atoms with Crippen LogP contribution in [-0.2, 0) is 4.74 Å². The van der Waals surface area contributed by atoms with Gasteiger partial charge < -0.3 is 10.1 Å². The quantitative estimate of drug-likeness (QED) is 0.285. The lowest BCUT2D eigenvalue weighted by Gasteiger charge is -2.19. The summed E-state index contributed by atoms with van der Waals surface area (Å²) in [5.74, 6) is 0.973. The van der Waals surface area contributed by atoms with Gasteiger partial charge in [0.2, 0.25) is 0 Å². The van der Waals surface area contributed by atoms with Gasteiger partial charge in [-0.1, -0.05) is 65.8 Å². The van der Waals surface area contributed by atoms with Crippen molar-refractivity contribution >= 4 is 16.5 Å². The van der Waals surface area contributed by atoms with E-state index in [1.54, 1.807) is 11.3 Å². The number of thiazole rings is 1. The lowest BCUT2D eigenvalue weighted by Crippen LogP contribution is -2.30. The molecule has 1 unspecified atom stereocenters. The lowest BCUT2D eigenvalue weighted by molar-refractivity contribution is -0.565. The van der Waals surface area contributed by atoms with Crippen molar-refractivity contribution in [1.82, 2.24) is 5.32 Å². The van der Waals surface area contributed by atoms with E-state index in [0.717, 1.165) is 53.1 Å². The fourth-order valence-corrected chi connectivity index (χ4v) is 4.28. The average molecular weight is 432 g/mol. The molecule has 0 amide bonds. The van der Waals surface area contributed by atoms with Crippen molar-refractivity contribution in [1.29, 1.82) is 0 Å². The maximum atomic E-state index is 5.59. The molecule has 0 aliphatic carbocycles. The van der Waals surface area contributed by atoms with E-state index in [1.165, 1.54) is 0 Å². The Morgan fingerprint density at radius 3 is 2.61 bits per heavy atom. The largest absolute Gasteiger partial charge is 0.495 e. The Bertz CT molecular complexity index is 1090. The lowest BCUT2D eigenvalue weighted by atomic mass is 10.1. The second-order valence-corrected chi connectivity index (χ2v) is 8.18. The molecular formula is C25H27N4OS+. The first kappa shape index (κ1) is 21.0. The van der Waals surface area contributed by atoms with Gasteiger partial charge in [0, 0.05) is 23.9 Å². The van der Waals surface area contributed by atoms with Crippen LogP contribution in [0.15, 0.2) is 99.9 Å². The molecule has 0 spiro atoms. The molecule has 0 saturated carbocycles. The highest BCUT2D eigenvalue weighted by Crippen LogP contribution is 2.27. The molecule has 0 saturated heterocycles. The second kappa shape index (κ2) is 10.2. The predicted octanol–water partition coefficient (Wildman–Crippen LogP) is 5.96. The zero-order valence-electron chi connectivity index (χ0n) is 17.9. The van der Waals surface area contributed by atoms with Crippen LogP contribution < -0.4 is 9.88 Å². The Balaban J connectivity index is 1.54. The fraction of sp³-hybridized carbons (Fsp3) is 0.240. The summed E-state index contributed by atoms with van der Waals surface area (Å²) in [7, 11) is 0. The number of ether oxygens (including phenoxy) is 1. The number of aromatic nitrogens is 1. The average Bonchev–Trinajstić information content (AvgIpc) is 3.24. The molecular weight excluding hydrogens is 404 g/mol. The number of azo groups is 1. The van der Waals surface area contributed by atoms with E-state index in [9.17, 15) is 0 Å². The van der Waals surface area contributed by atoms with Crippen LogP contribution in [0.1, 0.15) is 20.3 Å². The molecule has 2 aromatic carbocycles. The van der Waals surface area contributed by atoms with Gasteiger partial charge in [0.1, 0.15) is 24.1 Å². The van der Waals surface area contributed by atoms with E-state index in [0.29, 0.717) is 0 Å². The van der Waals surface area contributed by atoms with Gasteiger partial charge in [-0.05, 0) is 37.3 Å². The van der Waals surface area contributed by atoms with Gasteiger partial charge in [-0.2, -0.15) is 4.57 Å². The molecule has 1 aromatic heterocycles. The molecule has 5 nitrogen and oxygen atoms in total. The summed E-state index contributed by atoms with van der Waals surface area (Å²) < 4.78 is 7.75. The third-order valence-corrected chi connectivity index (χ3v) is 5.85. The van der Waals surface area contributed by atoms with Crippen LogP contribution in [0.25, 0.3) is 16.9 Å². The van der Waals surface area contributed by atoms with Crippen LogP contribution in [0.5, 0.6) is 0 Å². The fourth-order valence-electron chi connectivity index (χ4n) is 3.41. The number of hydrogen-bond donors (Lipinski definition) is 1. The molecule has 1 N–H and O–H groups in total. The highest BCUT2D eigenvalue weighted by molar-refractivity contribution is 7.13. The Morgan fingerprint density at radius 1 is 1.13 bits per heavy atom. The first-order valence-corrected chi connectivity index (χ1v) is 11.4. The molecule has 0 radical (unpaired) electrons. The van der Waals surface area contributed by atoms with Crippen molar-refractivity contribution in [3.63, 3.8) is 0 Å². The van der Waals surface area contributed by atoms with Gasteiger partial charge in [0.05, 0.1) is 10.8 Å². The number of nitrogens with zero attached hydrogens (tertiary/aromatic N) is 3. The number of para-hydroxylation sites is 1. The monoisotopic (exact) mass is 431 g/mol. The first-order valence-electron chi connectivity index (χ1n) is 10.5. The molecule has 2 heterocycles. The molecule has 1 atom stereocenters. The number of hydrogen-bond acceptors (Lipinski definition) is 5. The van der Waals surface area contributed by atoms with Crippen LogP contribution in [-0.4, -0.2) is 19.2 Å². The summed E-state index contributed by atoms with van der Waals surface area (Å²) in [6, 6.07) is 20.7. The van der Waals surface area contributed by atoms with E-state index >= 15 is 0 Å². The zero-order chi connectivity index (χ0) is 21.5. The maximum Gasteiger partial charge on any atom is 0.413 e. The van der Waals surface area contributed by atoms with Crippen molar-refractivity contribution in [3.05, 3.63) is 89.7 Å². The first-order chi connectivity index (χ1) is 15.2. The Labute approximate surface area is 187 Å². The summed E-state index contributed by atoms with van der Waals surface area (Å²) in [5.41, 5.74) is 4.48. The van der Waals surface area contributed by atoms with Gasteiger partial charge in [-0.25, -0.2) is 0 Å². The van der Waals surface area contributed by atoms with Crippen molar-refractivity contribution in [3.8, 4) is 16.9 Å². The maximum absolute atomic E-state index is 5.59. The van der Waals surface area contributed by atoms with Gasteiger partial charge >= 0.3 is 5.13 Å². The highest BCUT2D eigenvalue weighted by Gasteiger charge is 2.22. The molecule has 4 rings (SSSR count). The minimum absolute atomic E-state index is 0.0167. The molecule has 1 aliphatic heterocycles. The molecule has 1 aliphatic rings. The van der Waals surface area contributed by atoms with Gasteiger partial charge in [0.15, 0.2) is 5.69 Å².